The normalized spacial score (nSPS) is 20.8. The van der Waals surface area contributed by atoms with Gasteiger partial charge in [0.05, 0.1) is 27.1 Å². The number of rotatable bonds is 2. The molecule has 0 aromatic heterocycles. The Morgan fingerprint density at radius 1 is 1.56 bits per heavy atom. The van der Waals surface area contributed by atoms with Crippen molar-refractivity contribution in [3.63, 3.8) is 0 Å². The number of halogens is 1. The summed E-state index contributed by atoms with van der Waals surface area (Å²) in [6.45, 7) is 0.583. The molecule has 2 unspecified atom stereocenters. The predicted octanol–water partition coefficient (Wildman–Crippen LogP) is 1.08. The molecular formula is C8H8ClN2O3S2-. The minimum Gasteiger partial charge on any atom is -0.755 e. The summed E-state index contributed by atoms with van der Waals surface area (Å²) in [6, 6.07) is 3.08. The molecule has 1 aliphatic rings. The van der Waals surface area contributed by atoms with Gasteiger partial charge in [0.25, 0.3) is 0 Å². The quantitative estimate of drug-likeness (QED) is 0.794. The van der Waals surface area contributed by atoms with Crippen molar-refractivity contribution in [2.75, 3.05) is 22.3 Å². The van der Waals surface area contributed by atoms with Gasteiger partial charge in [-0.05, 0) is 12.1 Å². The molecule has 2 atom stereocenters. The lowest BCUT2D eigenvalue weighted by Gasteiger charge is -2.22. The fourth-order valence-corrected chi connectivity index (χ4v) is 3.36. The lowest BCUT2D eigenvalue weighted by Crippen LogP contribution is -2.20. The summed E-state index contributed by atoms with van der Waals surface area (Å²) in [5.74, 6) is 0.453. The van der Waals surface area contributed by atoms with Crippen LogP contribution in [0.3, 0.4) is 0 Å². The van der Waals surface area contributed by atoms with E-state index >= 15 is 0 Å². The average Bonchev–Trinajstić information content (AvgIpc) is 2.15. The number of benzene rings is 1. The van der Waals surface area contributed by atoms with Crippen molar-refractivity contribution < 1.29 is 13.0 Å². The molecule has 16 heavy (non-hydrogen) atoms. The summed E-state index contributed by atoms with van der Waals surface area (Å²) < 4.78 is 35.2. The molecule has 1 heterocycles. The van der Waals surface area contributed by atoms with Crippen LogP contribution in [0, 0.1) is 0 Å². The first kappa shape index (κ1) is 11.8. The molecule has 1 aromatic carbocycles. The van der Waals surface area contributed by atoms with Crippen molar-refractivity contribution in [1.29, 1.82) is 0 Å². The van der Waals surface area contributed by atoms with Gasteiger partial charge in [0.1, 0.15) is 0 Å². The molecule has 0 bridgehead atoms. The minimum atomic E-state index is -2.46. The molecular weight excluding hydrogens is 272 g/mol. The van der Waals surface area contributed by atoms with Crippen LogP contribution in [0.15, 0.2) is 17.0 Å². The summed E-state index contributed by atoms with van der Waals surface area (Å²) in [5, 5.41) is 3.42. The second-order valence-electron chi connectivity index (χ2n) is 3.14. The third-order valence-electron chi connectivity index (χ3n) is 2.08. The molecule has 1 aliphatic heterocycles. The van der Waals surface area contributed by atoms with E-state index < -0.39 is 22.1 Å². The molecule has 0 amide bonds. The van der Waals surface area contributed by atoms with Gasteiger partial charge in [-0.1, -0.05) is 11.6 Å². The Kier molecular flexibility index (Phi) is 3.48. The summed E-state index contributed by atoms with van der Waals surface area (Å²) in [5.41, 5.74) is 0.881. The van der Waals surface area contributed by atoms with Crippen molar-refractivity contribution in [2.24, 2.45) is 0 Å². The van der Waals surface area contributed by atoms with E-state index in [1.54, 1.807) is 6.07 Å². The van der Waals surface area contributed by atoms with Crippen molar-refractivity contribution in [3.8, 4) is 0 Å². The first-order valence-electron chi connectivity index (χ1n) is 4.39. The summed E-state index contributed by atoms with van der Waals surface area (Å²) in [4.78, 5) is 0.458. The Bertz CT molecular complexity index is 481. The molecule has 0 fully saturated rings. The van der Waals surface area contributed by atoms with Crippen LogP contribution < -0.4 is 10.0 Å². The highest BCUT2D eigenvalue weighted by molar-refractivity contribution is 7.85. The lowest BCUT2D eigenvalue weighted by atomic mass is 10.2. The van der Waals surface area contributed by atoms with Crippen LogP contribution in [0.25, 0.3) is 0 Å². The van der Waals surface area contributed by atoms with E-state index in [1.165, 1.54) is 6.07 Å². The smallest absolute Gasteiger partial charge is 0.0861 e. The number of fused-ring (bicyclic) bond motifs is 1. The molecule has 2 N–H and O–H groups in total. The largest absolute Gasteiger partial charge is 0.755 e. The Balaban J connectivity index is 2.54. The highest BCUT2D eigenvalue weighted by Gasteiger charge is 2.20. The van der Waals surface area contributed by atoms with E-state index in [2.05, 4.69) is 10.0 Å². The maximum absolute atomic E-state index is 11.8. The van der Waals surface area contributed by atoms with Gasteiger partial charge in [0, 0.05) is 28.6 Å². The second-order valence-corrected chi connectivity index (χ2v) is 5.76. The number of hydrogen-bond donors (Lipinski definition) is 2. The van der Waals surface area contributed by atoms with Crippen LogP contribution in [0.4, 0.5) is 11.4 Å². The summed E-state index contributed by atoms with van der Waals surface area (Å²) in [6.07, 6.45) is 0. The van der Waals surface area contributed by atoms with Gasteiger partial charge in [-0.25, -0.2) is 0 Å². The number of hydrogen-bond acceptors (Lipinski definition) is 4. The zero-order valence-electron chi connectivity index (χ0n) is 7.99. The molecule has 0 radical (unpaired) electrons. The van der Waals surface area contributed by atoms with Gasteiger partial charge >= 0.3 is 0 Å². The van der Waals surface area contributed by atoms with E-state index in [1.807, 2.05) is 0 Å². The molecule has 88 valence electrons. The van der Waals surface area contributed by atoms with Gasteiger partial charge in [0.2, 0.25) is 0 Å². The molecule has 0 spiro atoms. The fraction of sp³-hybridized carbons (Fsp3) is 0.250. The Hall–Kier alpha value is -0.630. The Morgan fingerprint density at radius 2 is 2.31 bits per heavy atom. The third kappa shape index (κ3) is 2.37. The second kappa shape index (κ2) is 4.70. The Labute approximate surface area is 102 Å². The Morgan fingerprint density at radius 3 is 3.00 bits per heavy atom. The number of anilines is 2. The molecule has 2 rings (SSSR count). The van der Waals surface area contributed by atoms with E-state index in [0.717, 1.165) is 0 Å². The van der Waals surface area contributed by atoms with Crippen molar-refractivity contribution in [1.82, 2.24) is 0 Å². The minimum absolute atomic E-state index is 0.265. The van der Waals surface area contributed by atoms with Crippen LogP contribution >= 0.6 is 11.6 Å². The summed E-state index contributed by atoms with van der Waals surface area (Å²) >= 11 is 3.37. The van der Waals surface area contributed by atoms with Crippen LogP contribution in [-0.4, -0.2) is 25.3 Å². The van der Waals surface area contributed by atoms with E-state index in [4.69, 9.17) is 11.6 Å². The standard InChI is InChI=1S/C8H9ClN2O3S2/c9-5-3-6-8(15(12)2-1-10-6)7(4-5)11-16(13)14/h3-4,10-11H,1-2H2,(H,13,14)/p-1. The molecule has 0 aliphatic carbocycles. The van der Waals surface area contributed by atoms with Crippen molar-refractivity contribution >= 4 is 45.0 Å². The van der Waals surface area contributed by atoms with Gasteiger partial charge in [-0.15, -0.1) is 0 Å². The van der Waals surface area contributed by atoms with Gasteiger partial charge < -0.3 is 14.6 Å². The SMILES string of the molecule is O=S([O-])Nc1cc(Cl)cc2c1S(=O)CCN2. The van der Waals surface area contributed by atoms with Crippen molar-refractivity contribution in [3.05, 3.63) is 17.2 Å². The van der Waals surface area contributed by atoms with Gasteiger partial charge in [0.15, 0.2) is 0 Å². The maximum atomic E-state index is 11.8. The van der Waals surface area contributed by atoms with E-state index in [-0.39, 0.29) is 5.69 Å². The van der Waals surface area contributed by atoms with Crippen LogP contribution in [0.1, 0.15) is 0 Å². The molecule has 8 heteroatoms. The van der Waals surface area contributed by atoms with Gasteiger partial charge in [-0.2, -0.15) is 0 Å². The highest BCUT2D eigenvalue weighted by Crippen LogP contribution is 2.34. The maximum Gasteiger partial charge on any atom is 0.0861 e. The monoisotopic (exact) mass is 279 g/mol. The molecule has 0 saturated carbocycles. The van der Waals surface area contributed by atoms with Crippen LogP contribution in [-0.2, 0) is 22.1 Å². The third-order valence-corrected chi connectivity index (χ3v) is 4.15. The highest BCUT2D eigenvalue weighted by atomic mass is 35.5. The predicted molar refractivity (Wildman–Crippen MR) is 63.8 cm³/mol. The average molecular weight is 280 g/mol. The van der Waals surface area contributed by atoms with Crippen molar-refractivity contribution in [2.45, 2.75) is 4.90 Å². The van der Waals surface area contributed by atoms with Gasteiger partial charge in [-0.3, -0.25) is 8.42 Å². The molecule has 1 aromatic rings. The number of nitrogens with one attached hydrogen (secondary N) is 2. The van der Waals surface area contributed by atoms with Crippen LogP contribution in [0.2, 0.25) is 5.02 Å². The van der Waals surface area contributed by atoms with E-state index in [0.29, 0.717) is 27.9 Å². The summed E-state index contributed by atoms with van der Waals surface area (Å²) in [7, 11) is -1.21. The molecule has 5 nitrogen and oxygen atoms in total. The molecule has 0 saturated heterocycles. The lowest BCUT2D eigenvalue weighted by molar-refractivity contribution is 0.542. The van der Waals surface area contributed by atoms with E-state index in [9.17, 15) is 13.0 Å². The first-order chi connectivity index (χ1) is 7.58. The van der Waals surface area contributed by atoms with Crippen LogP contribution in [0.5, 0.6) is 0 Å². The first-order valence-corrected chi connectivity index (χ1v) is 7.17. The zero-order chi connectivity index (χ0) is 11.7. The fourth-order valence-electron chi connectivity index (χ4n) is 1.52. The zero-order valence-corrected chi connectivity index (χ0v) is 10.4. The topological polar surface area (TPSA) is 81.3 Å².